The van der Waals surface area contributed by atoms with Gasteiger partial charge >= 0.3 is 0 Å². The predicted octanol–water partition coefficient (Wildman–Crippen LogP) is 4.62. The van der Waals surface area contributed by atoms with E-state index in [0.29, 0.717) is 33.6 Å². The third kappa shape index (κ3) is 3.93. The number of nitrogen functional groups attached to an aromatic ring is 1. The second-order valence-corrected chi connectivity index (χ2v) is 7.80. The Hall–Kier alpha value is -4.72. The molecule has 0 aliphatic carbocycles. The maximum Gasteiger partial charge on any atom is 0.261 e. The highest BCUT2D eigenvalue weighted by Gasteiger charge is 2.24. The molecule has 3 N–H and O–H groups in total. The van der Waals surface area contributed by atoms with Gasteiger partial charge in [-0.15, -0.1) is 0 Å². The molecule has 0 atom stereocenters. The van der Waals surface area contributed by atoms with E-state index < -0.39 is 0 Å². The molecule has 5 aromatic rings. The molecule has 0 radical (unpaired) electrons. The SMILES string of the molecule is COc1cccc(/C=N\n2c(N)c(C(=O)Nc3cccc(C)c3)c3nc4ccccc4nc32)c1. The number of nitrogens with two attached hydrogens (primary N) is 1. The summed E-state index contributed by atoms with van der Waals surface area (Å²) >= 11 is 0. The average molecular weight is 451 g/mol. The highest BCUT2D eigenvalue weighted by atomic mass is 16.5. The minimum Gasteiger partial charge on any atom is -0.497 e. The summed E-state index contributed by atoms with van der Waals surface area (Å²) < 4.78 is 6.73. The van der Waals surface area contributed by atoms with Gasteiger partial charge in [0.1, 0.15) is 22.6 Å². The van der Waals surface area contributed by atoms with E-state index in [1.165, 1.54) is 4.68 Å². The monoisotopic (exact) mass is 450 g/mol. The molecule has 8 heteroatoms. The van der Waals surface area contributed by atoms with Gasteiger partial charge in [0.05, 0.1) is 24.4 Å². The summed E-state index contributed by atoms with van der Waals surface area (Å²) in [5, 5.41) is 7.45. The number of carbonyl (C=O) groups excluding carboxylic acids is 1. The summed E-state index contributed by atoms with van der Waals surface area (Å²) in [5.74, 6) is 0.473. The lowest BCUT2D eigenvalue weighted by molar-refractivity contribution is 0.102. The van der Waals surface area contributed by atoms with E-state index >= 15 is 0 Å². The quantitative estimate of drug-likeness (QED) is 0.380. The number of aryl methyl sites for hydroxylation is 1. The lowest BCUT2D eigenvalue weighted by Crippen LogP contribution is -2.14. The van der Waals surface area contributed by atoms with Crippen molar-refractivity contribution in [3.8, 4) is 5.75 Å². The molecule has 2 heterocycles. The van der Waals surface area contributed by atoms with Crippen molar-refractivity contribution in [1.29, 1.82) is 0 Å². The van der Waals surface area contributed by atoms with Crippen molar-refractivity contribution >= 4 is 45.8 Å². The van der Waals surface area contributed by atoms with Crippen molar-refractivity contribution in [2.75, 3.05) is 18.2 Å². The summed E-state index contributed by atoms with van der Waals surface area (Å²) in [5.41, 5.74) is 11.3. The molecule has 0 saturated heterocycles. The van der Waals surface area contributed by atoms with Crippen LogP contribution in [0, 0.1) is 6.92 Å². The molecule has 2 aromatic heterocycles. The van der Waals surface area contributed by atoms with Gasteiger partial charge in [-0.3, -0.25) is 4.79 Å². The lowest BCUT2D eigenvalue weighted by Gasteiger charge is -2.06. The number of methoxy groups -OCH3 is 1. The van der Waals surface area contributed by atoms with Crippen molar-refractivity contribution in [2.45, 2.75) is 6.92 Å². The molecule has 0 spiro atoms. The number of amides is 1. The molecule has 8 nitrogen and oxygen atoms in total. The Morgan fingerprint density at radius 3 is 2.56 bits per heavy atom. The van der Waals surface area contributed by atoms with Gasteiger partial charge < -0.3 is 15.8 Å². The number of anilines is 2. The maximum absolute atomic E-state index is 13.3. The van der Waals surface area contributed by atoms with Crippen LogP contribution in [0.2, 0.25) is 0 Å². The Kier molecular flexibility index (Phi) is 5.39. The smallest absolute Gasteiger partial charge is 0.261 e. The molecule has 0 unspecified atom stereocenters. The summed E-state index contributed by atoms with van der Waals surface area (Å²) in [6, 6.07) is 22.4. The number of rotatable bonds is 5. The number of benzene rings is 3. The van der Waals surface area contributed by atoms with Gasteiger partial charge in [-0.1, -0.05) is 36.4 Å². The molecule has 0 saturated carbocycles. The van der Waals surface area contributed by atoms with E-state index in [-0.39, 0.29) is 17.3 Å². The lowest BCUT2D eigenvalue weighted by atomic mass is 10.2. The zero-order chi connectivity index (χ0) is 23.7. The predicted molar refractivity (Wildman–Crippen MR) is 135 cm³/mol. The van der Waals surface area contributed by atoms with E-state index in [4.69, 9.17) is 20.4 Å². The molecular weight excluding hydrogens is 428 g/mol. The summed E-state index contributed by atoms with van der Waals surface area (Å²) in [4.78, 5) is 22.7. The molecule has 0 aliphatic heterocycles. The normalized spacial score (nSPS) is 11.4. The highest BCUT2D eigenvalue weighted by molar-refractivity contribution is 6.16. The fourth-order valence-corrected chi connectivity index (χ4v) is 3.75. The second-order valence-electron chi connectivity index (χ2n) is 7.80. The second kappa shape index (κ2) is 8.67. The van der Waals surface area contributed by atoms with Crippen LogP contribution in [0.15, 0.2) is 77.9 Å². The van der Waals surface area contributed by atoms with Gasteiger partial charge in [-0.25, -0.2) is 9.97 Å². The number of ether oxygens (including phenoxy) is 1. The molecule has 0 bridgehead atoms. The van der Waals surface area contributed by atoms with Crippen molar-refractivity contribution in [3.05, 3.63) is 89.5 Å². The minimum absolute atomic E-state index is 0.148. The van der Waals surface area contributed by atoms with Gasteiger partial charge in [0, 0.05) is 5.69 Å². The maximum atomic E-state index is 13.3. The van der Waals surface area contributed by atoms with E-state index in [1.807, 2.05) is 79.7 Å². The number of hydrogen-bond donors (Lipinski definition) is 2. The van der Waals surface area contributed by atoms with E-state index in [1.54, 1.807) is 13.3 Å². The molecule has 168 valence electrons. The van der Waals surface area contributed by atoms with Gasteiger partial charge in [-0.2, -0.15) is 9.78 Å². The standard InChI is InChI=1S/C26H22N6O2/c1-16-7-5-9-18(13-16)29-26(33)22-23-25(31-21-12-4-3-11-20(21)30-23)32(24(22)27)28-15-17-8-6-10-19(14-17)34-2/h3-15H,27H2,1-2H3,(H,29,33)/b28-15-. The van der Waals surface area contributed by atoms with Gasteiger partial charge in [0.2, 0.25) is 0 Å². The van der Waals surface area contributed by atoms with E-state index in [2.05, 4.69) is 10.4 Å². The topological polar surface area (TPSA) is 107 Å². The first-order valence-electron chi connectivity index (χ1n) is 10.7. The van der Waals surface area contributed by atoms with Gasteiger partial charge in [0.15, 0.2) is 5.65 Å². The van der Waals surface area contributed by atoms with Crippen LogP contribution in [0.5, 0.6) is 5.75 Å². The summed E-state index contributed by atoms with van der Waals surface area (Å²) in [6.45, 7) is 1.96. The van der Waals surface area contributed by atoms with E-state index in [0.717, 1.165) is 11.1 Å². The van der Waals surface area contributed by atoms with Crippen LogP contribution in [0.1, 0.15) is 21.5 Å². The Morgan fingerprint density at radius 2 is 1.79 bits per heavy atom. The van der Waals surface area contributed by atoms with Crippen LogP contribution in [-0.4, -0.2) is 33.9 Å². The van der Waals surface area contributed by atoms with Crippen molar-refractivity contribution in [2.24, 2.45) is 5.10 Å². The minimum atomic E-state index is -0.381. The van der Waals surface area contributed by atoms with Crippen molar-refractivity contribution in [1.82, 2.24) is 14.6 Å². The van der Waals surface area contributed by atoms with Gasteiger partial charge in [-0.05, 0) is 54.4 Å². The number of carbonyl (C=O) groups is 1. The number of fused-ring (bicyclic) bond motifs is 2. The molecule has 3 aromatic carbocycles. The molecular formula is C26H22N6O2. The first-order valence-corrected chi connectivity index (χ1v) is 10.7. The molecule has 5 rings (SSSR count). The van der Waals surface area contributed by atoms with Crippen LogP contribution in [-0.2, 0) is 0 Å². The van der Waals surface area contributed by atoms with Crippen molar-refractivity contribution < 1.29 is 9.53 Å². The Morgan fingerprint density at radius 1 is 1.03 bits per heavy atom. The van der Waals surface area contributed by atoms with Gasteiger partial charge in [0.25, 0.3) is 5.91 Å². The summed E-state index contributed by atoms with van der Waals surface area (Å²) in [7, 11) is 1.60. The average Bonchev–Trinajstić information content (AvgIpc) is 3.11. The fraction of sp³-hybridized carbons (Fsp3) is 0.0769. The zero-order valence-electron chi connectivity index (χ0n) is 18.7. The Labute approximate surface area is 195 Å². The highest BCUT2D eigenvalue weighted by Crippen LogP contribution is 2.29. The molecule has 34 heavy (non-hydrogen) atoms. The van der Waals surface area contributed by atoms with Crippen LogP contribution in [0.4, 0.5) is 11.5 Å². The number of para-hydroxylation sites is 2. The van der Waals surface area contributed by atoms with Crippen LogP contribution in [0.3, 0.4) is 0 Å². The molecule has 1 amide bonds. The largest absolute Gasteiger partial charge is 0.497 e. The Balaban J connectivity index is 1.65. The first kappa shape index (κ1) is 21.1. The Bertz CT molecular complexity index is 1570. The van der Waals surface area contributed by atoms with Crippen molar-refractivity contribution in [3.63, 3.8) is 0 Å². The zero-order valence-corrected chi connectivity index (χ0v) is 18.7. The number of nitrogens with zero attached hydrogens (tertiary/aromatic N) is 4. The third-order valence-corrected chi connectivity index (χ3v) is 5.39. The van der Waals surface area contributed by atoms with E-state index in [9.17, 15) is 4.79 Å². The fourth-order valence-electron chi connectivity index (χ4n) is 3.75. The number of hydrogen-bond acceptors (Lipinski definition) is 6. The summed E-state index contributed by atoms with van der Waals surface area (Å²) in [6.07, 6.45) is 1.64. The molecule has 0 fully saturated rings. The number of aromatic nitrogens is 3. The third-order valence-electron chi connectivity index (χ3n) is 5.39. The van der Waals surface area contributed by atoms with Crippen LogP contribution < -0.4 is 15.8 Å². The van der Waals surface area contributed by atoms with Crippen LogP contribution in [0.25, 0.3) is 22.2 Å². The van der Waals surface area contributed by atoms with Crippen LogP contribution >= 0.6 is 0 Å². The first-order chi connectivity index (χ1) is 16.5. The number of nitrogens with one attached hydrogen (secondary N) is 1. The molecule has 0 aliphatic rings.